The molecule has 0 aromatic heterocycles. The lowest BCUT2D eigenvalue weighted by molar-refractivity contribution is -0.124. The third-order valence-corrected chi connectivity index (χ3v) is 6.07. The second-order valence-corrected chi connectivity index (χ2v) is 7.09. The molecule has 23 heavy (non-hydrogen) atoms. The molecule has 4 heteroatoms. The summed E-state index contributed by atoms with van der Waals surface area (Å²) in [5.41, 5.74) is 0.672. The van der Waals surface area contributed by atoms with Crippen LogP contribution in [0.5, 0.6) is 5.75 Å². The van der Waals surface area contributed by atoms with Gasteiger partial charge in [0.05, 0.1) is 24.1 Å². The Morgan fingerprint density at radius 1 is 1.00 bits per heavy atom. The van der Waals surface area contributed by atoms with E-state index in [1.165, 1.54) is 11.3 Å². The molecule has 1 saturated heterocycles. The largest absolute Gasteiger partial charge is 0.494 e. The van der Waals surface area contributed by atoms with E-state index in [-0.39, 0.29) is 35.5 Å². The SMILES string of the molecule is CCOc1ccc(N2C(=O)[C@@H]3[C@H]4C=C[C@H]([C@H]5C[C@H]45)[C@@H]3C2=O)cc1. The smallest absolute Gasteiger partial charge is 0.238 e. The molecule has 5 aliphatic rings. The van der Waals surface area contributed by atoms with Crippen molar-refractivity contribution in [1.82, 2.24) is 0 Å². The Morgan fingerprint density at radius 2 is 1.57 bits per heavy atom. The molecule has 6 atom stereocenters. The van der Waals surface area contributed by atoms with Crippen LogP contribution < -0.4 is 9.64 Å². The van der Waals surface area contributed by atoms with Crippen molar-refractivity contribution in [2.45, 2.75) is 13.3 Å². The Labute approximate surface area is 135 Å². The van der Waals surface area contributed by atoms with Crippen LogP contribution in [0.15, 0.2) is 36.4 Å². The minimum atomic E-state index is -0.132. The molecule has 0 unspecified atom stereocenters. The van der Waals surface area contributed by atoms with E-state index in [0.717, 1.165) is 5.75 Å². The number of carbonyl (C=O) groups excluding carboxylic acids is 2. The minimum absolute atomic E-state index is 0.00569. The zero-order valence-corrected chi connectivity index (χ0v) is 13.0. The van der Waals surface area contributed by atoms with Gasteiger partial charge in [-0.05, 0) is 61.3 Å². The average molecular weight is 309 g/mol. The van der Waals surface area contributed by atoms with Gasteiger partial charge in [-0.3, -0.25) is 14.5 Å². The normalized spacial score (nSPS) is 39.4. The van der Waals surface area contributed by atoms with Crippen molar-refractivity contribution in [3.05, 3.63) is 36.4 Å². The van der Waals surface area contributed by atoms with Crippen LogP contribution in [0.3, 0.4) is 0 Å². The first-order valence-corrected chi connectivity index (χ1v) is 8.49. The summed E-state index contributed by atoms with van der Waals surface area (Å²) in [6.07, 6.45) is 5.60. The molecule has 2 saturated carbocycles. The first kappa shape index (κ1) is 13.3. The van der Waals surface area contributed by atoms with Gasteiger partial charge in [0.2, 0.25) is 11.8 Å². The highest BCUT2D eigenvalue weighted by Gasteiger charge is 2.67. The lowest BCUT2D eigenvalue weighted by atomic mass is 9.63. The highest BCUT2D eigenvalue weighted by Crippen LogP contribution is 2.65. The van der Waals surface area contributed by atoms with Crippen LogP contribution in [0, 0.1) is 35.5 Å². The molecule has 1 aliphatic heterocycles. The molecule has 1 heterocycles. The molecule has 2 amide bonds. The number of benzene rings is 1. The van der Waals surface area contributed by atoms with Gasteiger partial charge in [-0.25, -0.2) is 0 Å². The van der Waals surface area contributed by atoms with Gasteiger partial charge in [-0.2, -0.15) is 0 Å². The predicted octanol–water partition coefficient (Wildman–Crippen LogP) is 2.64. The molecule has 4 aliphatic carbocycles. The molecule has 3 fully saturated rings. The molecule has 6 rings (SSSR count). The van der Waals surface area contributed by atoms with Gasteiger partial charge in [0.25, 0.3) is 0 Å². The number of amides is 2. The zero-order valence-electron chi connectivity index (χ0n) is 13.0. The van der Waals surface area contributed by atoms with Crippen molar-refractivity contribution in [2.75, 3.05) is 11.5 Å². The maximum atomic E-state index is 13.0. The van der Waals surface area contributed by atoms with Crippen molar-refractivity contribution < 1.29 is 14.3 Å². The van der Waals surface area contributed by atoms with Crippen LogP contribution in [-0.2, 0) is 9.59 Å². The monoisotopic (exact) mass is 309 g/mol. The number of allylic oxidation sites excluding steroid dienone is 2. The summed E-state index contributed by atoms with van der Waals surface area (Å²) in [7, 11) is 0. The quantitative estimate of drug-likeness (QED) is 0.637. The Hall–Kier alpha value is -2.10. The Kier molecular flexibility index (Phi) is 2.59. The van der Waals surface area contributed by atoms with E-state index in [2.05, 4.69) is 12.2 Å². The van der Waals surface area contributed by atoms with Gasteiger partial charge in [0.15, 0.2) is 0 Å². The third-order valence-electron chi connectivity index (χ3n) is 6.07. The summed E-state index contributed by atoms with van der Waals surface area (Å²) in [5, 5.41) is 0. The molecule has 0 radical (unpaired) electrons. The van der Waals surface area contributed by atoms with Crippen LogP contribution in [0.25, 0.3) is 0 Å². The van der Waals surface area contributed by atoms with Gasteiger partial charge in [-0.1, -0.05) is 12.2 Å². The number of nitrogens with zero attached hydrogens (tertiary/aromatic N) is 1. The maximum Gasteiger partial charge on any atom is 0.238 e. The lowest BCUT2D eigenvalue weighted by Gasteiger charge is -2.37. The number of rotatable bonds is 3. The number of anilines is 1. The van der Waals surface area contributed by atoms with Crippen molar-refractivity contribution in [2.24, 2.45) is 35.5 Å². The molecule has 1 aromatic rings. The first-order chi connectivity index (χ1) is 11.2. The van der Waals surface area contributed by atoms with E-state index in [1.807, 2.05) is 31.2 Å². The van der Waals surface area contributed by atoms with Crippen LogP contribution in [0.1, 0.15) is 13.3 Å². The number of carbonyl (C=O) groups is 2. The number of hydrogen-bond acceptors (Lipinski definition) is 3. The van der Waals surface area contributed by atoms with Crippen molar-refractivity contribution >= 4 is 17.5 Å². The zero-order chi connectivity index (χ0) is 15.7. The summed E-state index contributed by atoms with van der Waals surface area (Å²) < 4.78 is 5.44. The molecule has 118 valence electrons. The molecular weight excluding hydrogens is 290 g/mol. The summed E-state index contributed by atoms with van der Waals surface area (Å²) in [6.45, 7) is 2.53. The highest BCUT2D eigenvalue weighted by molar-refractivity contribution is 6.22. The molecule has 0 N–H and O–H groups in total. The molecule has 2 bridgehead atoms. The van der Waals surface area contributed by atoms with Gasteiger partial charge < -0.3 is 4.74 Å². The fourth-order valence-corrected chi connectivity index (χ4v) is 5.07. The van der Waals surface area contributed by atoms with Gasteiger partial charge >= 0.3 is 0 Å². The fraction of sp³-hybridized carbons (Fsp3) is 0.474. The number of ether oxygens (including phenoxy) is 1. The van der Waals surface area contributed by atoms with Crippen LogP contribution >= 0.6 is 0 Å². The van der Waals surface area contributed by atoms with E-state index >= 15 is 0 Å². The van der Waals surface area contributed by atoms with Crippen molar-refractivity contribution in [1.29, 1.82) is 0 Å². The molecule has 1 aromatic carbocycles. The van der Waals surface area contributed by atoms with E-state index < -0.39 is 0 Å². The number of imide groups is 1. The van der Waals surface area contributed by atoms with E-state index in [1.54, 1.807) is 0 Å². The third kappa shape index (κ3) is 1.66. The molecule has 0 spiro atoms. The van der Waals surface area contributed by atoms with Crippen molar-refractivity contribution in [3.63, 3.8) is 0 Å². The topological polar surface area (TPSA) is 46.6 Å². The van der Waals surface area contributed by atoms with E-state index in [9.17, 15) is 9.59 Å². The molecular formula is C19H19NO3. The fourth-order valence-electron chi connectivity index (χ4n) is 5.07. The summed E-state index contributed by atoms with van der Waals surface area (Å²) in [6, 6.07) is 7.28. The minimum Gasteiger partial charge on any atom is -0.494 e. The Balaban J connectivity index is 1.49. The van der Waals surface area contributed by atoms with Gasteiger partial charge in [-0.15, -0.1) is 0 Å². The first-order valence-electron chi connectivity index (χ1n) is 8.49. The molecule has 4 nitrogen and oxygen atoms in total. The van der Waals surface area contributed by atoms with Crippen molar-refractivity contribution in [3.8, 4) is 5.75 Å². The summed E-state index contributed by atoms with van der Waals surface area (Å²) >= 11 is 0. The summed E-state index contributed by atoms with van der Waals surface area (Å²) in [4.78, 5) is 27.3. The second-order valence-electron chi connectivity index (χ2n) is 7.09. The van der Waals surface area contributed by atoms with Gasteiger partial charge in [0, 0.05) is 0 Å². The summed E-state index contributed by atoms with van der Waals surface area (Å²) in [5.74, 6) is 2.32. The Bertz CT molecular complexity index is 687. The predicted molar refractivity (Wildman–Crippen MR) is 84.8 cm³/mol. The van der Waals surface area contributed by atoms with E-state index in [4.69, 9.17) is 4.74 Å². The van der Waals surface area contributed by atoms with Crippen LogP contribution in [0.2, 0.25) is 0 Å². The second kappa shape index (κ2) is 4.47. The lowest BCUT2D eigenvalue weighted by Crippen LogP contribution is -2.40. The van der Waals surface area contributed by atoms with Crippen LogP contribution in [0.4, 0.5) is 5.69 Å². The van der Waals surface area contributed by atoms with Gasteiger partial charge in [0.1, 0.15) is 5.75 Å². The standard InChI is InChI=1S/C19H19NO3/c1-2-23-11-5-3-10(4-6-11)20-18(21)16-12-7-8-13(15-9-14(12)15)17(16)19(20)22/h3-8,12-17H,2,9H2,1H3/t12-,13+,14-,15-,16+,17-/m1/s1. The van der Waals surface area contributed by atoms with Crippen LogP contribution in [-0.4, -0.2) is 18.4 Å². The van der Waals surface area contributed by atoms with E-state index in [0.29, 0.717) is 24.1 Å². The average Bonchev–Trinajstić information content (AvgIpc) is 3.34. The maximum absolute atomic E-state index is 13.0. The highest BCUT2D eigenvalue weighted by atomic mass is 16.5. The Morgan fingerprint density at radius 3 is 2.09 bits per heavy atom. The number of hydrogen-bond donors (Lipinski definition) is 0.